The molecule has 0 aliphatic rings. The van der Waals surface area contributed by atoms with Crippen molar-refractivity contribution in [1.29, 1.82) is 0 Å². The van der Waals surface area contributed by atoms with E-state index in [1.54, 1.807) is 0 Å². The minimum absolute atomic E-state index is 0. The molecular weight excluding hydrogens is 180 g/mol. The number of rotatable bonds is 2. The molecule has 0 aromatic heterocycles. The van der Waals surface area contributed by atoms with Gasteiger partial charge in [0.2, 0.25) is 0 Å². The molecule has 0 aliphatic carbocycles. The van der Waals surface area contributed by atoms with Gasteiger partial charge in [-0.25, -0.2) is 0 Å². The molecule has 0 bridgehead atoms. The Hall–Kier alpha value is 0.346. The van der Waals surface area contributed by atoms with Gasteiger partial charge in [-0.2, -0.15) is 0 Å². The number of ether oxygens (including phenoxy) is 1. The molecule has 40 valence electrons. The van der Waals surface area contributed by atoms with E-state index in [2.05, 4.69) is 11.3 Å². The predicted molar refractivity (Wildman–Crippen MR) is 29.0 cm³/mol. The van der Waals surface area contributed by atoms with E-state index in [0.717, 1.165) is 0 Å². The molecule has 0 aromatic carbocycles. The van der Waals surface area contributed by atoms with Crippen molar-refractivity contribution < 1.29 is 21.7 Å². The summed E-state index contributed by atoms with van der Waals surface area (Å²) >= 11 is 0. The third-order valence-electron chi connectivity index (χ3n) is 0.273. The van der Waals surface area contributed by atoms with Gasteiger partial charge in [-0.05, 0) is 0 Å². The van der Waals surface area contributed by atoms with Gasteiger partial charge >= 0.3 is 23.1 Å². The van der Waals surface area contributed by atoms with Crippen LogP contribution in [0.15, 0.2) is 12.8 Å². The topological polar surface area (TPSA) is 9.23 Å². The van der Waals surface area contributed by atoms with Gasteiger partial charge in [0.05, 0.1) is 6.26 Å². The van der Waals surface area contributed by atoms with Crippen molar-refractivity contribution in [3.05, 3.63) is 19.3 Å². The maximum atomic E-state index is 6.28. The molecule has 0 N–H and O–H groups in total. The molecule has 0 fully saturated rings. The second-order valence-corrected chi connectivity index (χ2v) is 0.654. The maximum absolute atomic E-state index is 6.28. The number of halogens is 1. The first-order chi connectivity index (χ1) is 2.91. The van der Waals surface area contributed by atoms with Gasteiger partial charge in [0.1, 0.15) is 6.61 Å². The van der Waals surface area contributed by atoms with E-state index in [4.69, 9.17) is 6.42 Å². The third-order valence-corrected chi connectivity index (χ3v) is 0.273. The van der Waals surface area contributed by atoms with E-state index < -0.39 is 0 Å². The third kappa shape index (κ3) is 16.2. The number of hydrogen-bond donors (Lipinski definition) is 0. The summed E-state index contributed by atoms with van der Waals surface area (Å²) in [6.07, 6.45) is 7.56. The van der Waals surface area contributed by atoms with Gasteiger partial charge in [-0.1, -0.05) is 6.58 Å². The van der Waals surface area contributed by atoms with Crippen LogP contribution in [0.25, 0.3) is 0 Å². The Labute approximate surface area is 76.4 Å². The van der Waals surface area contributed by atoms with E-state index in [1.807, 2.05) is 5.92 Å². The van der Waals surface area contributed by atoms with Crippen LogP contribution < -0.4 is 17.0 Å². The molecular formula is C5H5BrMgO. The Morgan fingerprint density at radius 3 is 2.38 bits per heavy atom. The first kappa shape index (κ1) is 15.8. The first-order valence-electron chi connectivity index (χ1n) is 1.54. The van der Waals surface area contributed by atoms with Gasteiger partial charge < -0.3 is 34.1 Å². The Balaban J connectivity index is -0.000000125. The molecule has 0 heterocycles. The first-order valence-corrected chi connectivity index (χ1v) is 1.54. The molecule has 3 heteroatoms. The van der Waals surface area contributed by atoms with Gasteiger partial charge in [0.25, 0.3) is 0 Å². The monoisotopic (exact) mass is 184 g/mol. The maximum Gasteiger partial charge on any atom is 2.00 e. The minimum atomic E-state index is 0. The molecule has 0 saturated carbocycles. The Kier molecular flexibility index (Phi) is 30.9. The van der Waals surface area contributed by atoms with Crippen LogP contribution in [0.2, 0.25) is 0 Å². The molecule has 0 radical (unpaired) electrons. The average molecular weight is 185 g/mol. The van der Waals surface area contributed by atoms with Crippen LogP contribution in [-0.2, 0) is 4.74 Å². The van der Waals surface area contributed by atoms with Crippen molar-refractivity contribution in [2.24, 2.45) is 0 Å². The van der Waals surface area contributed by atoms with E-state index in [0.29, 0.717) is 0 Å². The van der Waals surface area contributed by atoms with Gasteiger partial charge in [0.15, 0.2) is 0 Å². The van der Waals surface area contributed by atoms with E-state index in [1.165, 1.54) is 6.26 Å². The fourth-order valence-corrected chi connectivity index (χ4v) is 0.101. The van der Waals surface area contributed by atoms with Crippen molar-refractivity contribution in [2.45, 2.75) is 0 Å². The Bertz CT molecular complexity index is 77.0. The molecule has 0 rings (SSSR count). The van der Waals surface area contributed by atoms with Crippen molar-refractivity contribution in [3.8, 4) is 5.92 Å². The summed E-state index contributed by atoms with van der Waals surface area (Å²) in [6, 6.07) is 0. The minimum Gasteiger partial charge on any atom is -1.00 e. The SMILES string of the molecule is [Br-].[C-]#CCOC=C.[Mg+2]. The van der Waals surface area contributed by atoms with Gasteiger partial charge in [-0.15, -0.1) is 0 Å². The summed E-state index contributed by atoms with van der Waals surface area (Å²) in [5.41, 5.74) is 0. The zero-order valence-electron chi connectivity index (χ0n) is 4.48. The van der Waals surface area contributed by atoms with Crippen molar-refractivity contribution in [3.63, 3.8) is 0 Å². The second kappa shape index (κ2) is 15.7. The summed E-state index contributed by atoms with van der Waals surface area (Å²) in [4.78, 5) is 0. The van der Waals surface area contributed by atoms with Crippen molar-refractivity contribution in [1.82, 2.24) is 0 Å². The average Bonchev–Trinajstić information content (AvgIpc) is 1.61. The van der Waals surface area contributed by atoms with Crippen LogP contribution in [0.4, 0.5) is 0 Å². The summed E-state index contributed by atoms with van der Waals surface area (Å²) in [7, 11) is 0. The molecule has 0 aromatic rings. The summed E-state index contributed by atoms with van der Waals surface area (Å²) in [6.45, 7) is 3.46. The summed E-state index contributed by atoms with van der Waals surface area (Å²) in [5.74, 6) is 2.03. The summed E-state index contributed by atoms with van der Waals surface area (Å²) in [5, 5.41) is 0. The van der Waals surface area contributed by atoms with Crippen LogP contribution in [0, 0.1) is 12.3 Å². The fourth-order valence-electron chi connectivity index (χ4n) is 0.101. The van der Waals surface area contributed by atoms with Gasteiger partial charge in [-0.3, -0.25) is 0 Å². The zero-order chi connectivity index (χ0) is 4.83. The summed E-state index contributed by atoms with van der Waals surface area (Å²) < 4.78 is 4.45. The molecule has 0 atom stereocenters. The normalized spacial score (nSPS) is 4.38. The smallest absolute Gasteiger partial charge is 1.00 e. The van der Waals surface area contributed by atoms with Crippen molar-refractivity contribution >= 4 is 23.1 Å². The quantitative estimate of drug-likeness (QED) is 0.150. The van der Waals surface area contributed by atoms with Gasteiger partial charge in [0, 0.05) is 0 Å². The zero-order valence-corrected chi connectivity index (χ0v) is 7.49. The second-order valence-electron chi connectivity index (χ2n) is 0.654. The largest absolute Gasteiger partial charge is 2.00 e. The molecule has 1 nitrogen and oxygen atoms in total. The Morgan fingerprint density at radius 2 is 2.25 bits per heavy atom. The van der Waals surface area contributed by atoms with Crippen LogP contribution >= 0.6 is 0 Å². The van der Waals surface area contributed by atoms with Crippen LogP contribution in [0.5, 0.6) is 0 Å². The number of hydrogen-bond acceptors (Lipinski definition) is 1. The molecule has 8 heavy (non-hydrogen) atoms. The Morgan fingerprint density at radius 1 is 1.75 bits per heavy atom. The van der Waals surface area contributed by atoms with Crippen LogP contribution in [-0.4, -0.2) is 29.7 Å². The fraction of sp³-hybridized carbons (Fsp3) is 0.200. The van der Waals surface area contributed by atoms with E-state index >= 15 is 0 Å². The molecule has 0 unspecified atom stereocenters. The van der Waals surface area contributed by atoms with Crippen molar-refractivity contribution in [2.75, 3.05) is 6.61 Å². The molecule has 0 saturated heterocycles. The van der Waals surface area contributed by atoms with Crippen LogP contribution in [0.1, 0.15) is 0 Å². The van der Waals surface area contributed by atoms with Crippen LogP contribution in [0.3, 0.4) is 0 Å². The molecule has 0 aliphatic heterocycles. The standard InChI is InChI=1S/C5H5O.BrH.Mg/c1-3-5-6-4-2;;/h4H,2,5H2;1H;/q-1;;+2/p-1. The predicted octanol–water partition coefficient (Wildman–Crippen LogP) is -2.64. The molecule has 0 amide bonds. The van der Waals surface area contributed by atoms with E-state index in [-0.39, 0.29) is 46.6 Å². The van der Waals surface area contributed by atoms with E-state index in [9.17, 15) is 0 Å². The molecule has 0 spiro atoms.